The number of allylic oxidation sites excluding steroid dienone is 15. The molecule has 2 saturated heterocycles. The summed E-state index contributed by atoms with van der Waals surface area (Å²) in [4.78, 5) is 13.4. The molecule has 14 heteroatoms. The highest BCUT2D eigenvalue weighted by Crippen LogP contribution is 2.30. The van der Waals surface area contributed by atoms with Crippen LogP contribution in [0.1, 0.15) is 367 Å². The highest BCUT2D eigenvalue weighted by atomic mass is 16.7. The summed E-state index contributed by atoms with van der Waals surface area (Å²) in [5, 5.41) is 87.7. The first kappa shape index (κ1) is 96.0. The Balaban J connectivity index is 1.58. The van der Waals surface area contributed by atoms with E-state index < -0.39 is 86.8 Å². The van der Waals surface area contributed by atoms with Crippen LogP contribution in [0.25, 0.3) is 0 Å². The Labute approximate surface area is 630 Å². The van der Waals surface area contributed by atoms with E-state index in [4.69, 9.17) is 18.9 Å². The number of carbonyl (C=O) groups is 1. The summed E-state index contributed by atoms with van der Waals surface area (Å²) >= 11 is 0. The first-order valence-corrected chi connectivity index (χ1v) is 43.0. The van der Waals surface area contributed by atoms with Crippen LogP contribution in [-0.2, 0) is 23.7 Å². The van der Waals surface area contributed by atoms with Gasteiger partial charge < -0.3 is 65.1 Å². The number of hydrogen-bond acceptors (Lipinski definition) is 13. The number of aliphatic hydroxyl groups is 8. The number of rotatable bonds is 72. The fourth-order valence-electron chi connectivity index (χ4n) is 13.8. The second-order valence-corrected chi connectivity index (χ2v) is 29.9. The first-order chi connectivity index (χ1) is 50.6. The number of ether oxygens (including phenoxy) is 4. The van der Waals surface area contributed by atoms with Crippen LogP contribution in [0.2, 0.25) is 0 Å². The summed E-state index contributed by atoms with van der Waals surface area (Å²) in [5.41, 5.74) is 0. The molecule has 0 aromatic rings. The van der Waals surface area contributed by atoms with E-state index in [-0.39, 0.29) is 18.9 Å². The summed E-state index contributed by atoms with van der Waals surface area (Å²) in [6.07, 6.45) is 86.6. The van der Waals surface area contributed by atoms with Crippen LogP contribution >= 0.6 is 0 Å². The first-order valence-electron chi connectivity index (χ1n) is 43.0. The van der Waals surface area contributed by atoms with Gasteiger partial charge in [0, 0.05) is 6.42 Å². The normalized spacial score (nSPS) is 22.0. The predicted octanol–water partition coefficient (Wildman–Crippen LogP) is 20.4. The van der Waals surface area contributed by atoms with Gasteiger partial charge in [-0.05, 0) is 89.9 Å². The van der Waals surface area contributed by atoms with Crippen LogP contribution in [0.3, 0.4) is 0 Å². The fourth-order valence-corrected chi connectivity index (χ4v) is 13.8. The van der Waals surface area contributed by atoms with Crippen molar-refractivity contribution in [2.45, 2.75) is 441 Å². The molecule has 9 N–H and O–H groups in total. The molecule has 0 aliphatic carbocycles. The third-order valence-electron chi connectivity index (χ3n) is 20.5. The van der Waals surface area contributed by atoms with Crippen molar-refractivity contribution in [3.63, 3.8) is 0 Å². The van der Waals surface area contributed by atoms with Gasteiger partial charge in [0.2, 0.25) is 5.91 Å². The summed E-state index contributed by atoms with van der Waals surface area (Å²) in [5.74, 6) is -0.248. The SMILES string of the molecule is CC/C=C\C/C=C\C/C=C\C/C=C\C/C=C\CCCCCCCCCCCCCCCCCCCCCCCCCCCC(=O)NC(COC1OC(CO)C(OC2OC(CO)C(O)C(O)C2O)C(O)C1O)C(O)/C=C/CC/C=C/CC/C=C/CCCCCCCCCCCCCCCCCCCC. The van der Waals surface area contributed by atoms with Gasteiger partial charge in [0.05, 0.1) is 32.0 Å². The van der Waals surface area contributed by atoms with Gasteiger partial charge in [0.1, 0.15) is 48.8 Å². The molecule has 1 amide bonds. The van der Waals surface area contributed by atoms with Crippen LogP contribution in [0, 0.1) is 0 Å². The molecule has 2 aliphatic heterocycles. The standard InChI is InChI=1S/C89H159NO13/c1-3-5-7-9-11-13-15-17-19-21-23-25-27-29-31-33-34-35-36-37-38-39-40-41-42-43-44-45-47-49-51-53-55-57-59-61-63-65-67-69-71-73-81(94)90-77(76-100-88-86(99)84(97)87(80(75-92)102-88)103-89-85(98)83(96)82(95)79(74-91)101-89)78(93)72-70-68-66-64-62-60-58-56-54-52-50-48-46-32-30-28-26-24-22-20-18-16-14-12-10-8-6-4-2/h5,7,11,13,17,19,23,25,29,31,54,56,62,64,70,72,77-80,82-89,91-93,95-99H,3-4,6,8-10,12,14-16,18,20-22,24,26-28,30,32-53,55,57-61,63,65-69,71,73-76H2,1-2H3,(H,90,94)/b7-5-,13-11-,19-17-,25-23-,31-29-,56-54+,64-62+,72-70+. The van der Waals surface area contributed by atoms with Crippen molar-refractivity contribution < 1.29 is 64.6 Å². The molecule has 12 atom stereocenters. The molecule has 0 bridgehead atoms. The van der Waals surface area contributed by atoms with E-state index >= 15 is 0 Å². The molecule has 2 rings (SSSR count). The average molecular weight is 1450 g/mol. The molecule has 598 valence electrons. The summed E-state index contributed by atoms with van der Waals surface area (Å²) in [7, 11) is 0. The zero-order chi connectivity index (χ0) is 74.4. The van der Waals surface area contributed by atoms with E-state index in [1.807, 2.05) is 6.08 Å². The molecule has 0 saturated carbocycles. The molecule has 0 radical (unpaired) electrons. The summed E-state index contributed by atoms with van der Waals surface area (Å²) < 4.78 is 22.9. The van der Waals surface area contributed by atoms with Crippen molar-refractivity contribution in [1.82, 2.24) is 5.32 Å². The Hall–Kier alpha value is -3.09. The minimum Gasteiger partial charge on any atom is -0.394 e. The Bertz CT molecular complexity index is 2110. The molecule has 2 fully saturated rings. The zero-order valence-corrected chi connectivity index (χ0v) is 65.8. The number of nitrogens with one attached hydrogen (secondary N) is 1. The number of aliphatic hydroxyl groups excluding tert-OH is 8. The second kappa shape index (κ2) is 71.8. The Morgan fingerprint density at radius 3 is 1.07 bits per heavy atom. The lowest BCUT2D eigenvalue weighted by molar-refractivity contribution is -0.359. The quantitative estimate of drug-likeness (QED) is 0.0204. The third-order valence-corrected chi connectivity index (χ3v) is 20.5. The van der Waals surface area contributed by atoms with Crippen molar-refractivity contribution >= 4 is 5.91 Å². The van der Waals surface area contributed by atoms with E-state index in [0.717, 1.165) is 77.0 Å². The molecule has 2 aliphatic rings. The number of unbranched alkanes of at least 4 members (excludes halogenated alkanes) is 45. The molecular weight excluding hydrogens is 1290 g/mol. The Kier molecular flexibility index (Phi) is 66.9. The highest BCUT2D eigenvalue weighted by Gasteiger charge is 2.51. The van der Waals surface area contributed by atoms with E-state index in [2.05, 4.69) is 104 Å². The van der Waals surface area contributed by atoms with Crippen LogP contribution in [-0.4, -0.2) is 140 Å². The largest absolute Gasteiger partial charge is 0.394 e. The second-order valence-electron chi connectivity index (χ2n) is 29.9. The van der Waals surface area contributed by atoms with Gasteiger partial charge in [-0.15, -0.1) is 0 Å². The van der Waals surface area contributed by atoms with Crippen molar-refractivity contribution in [2.75, 3.05) is 19.8 Å². The number of hydrogen-bond donors (Lipinski definition) is 9. The fraction of sp³-hybridized carbons (Fsp3) is 0.809. The van der Waals surface area contributed by atoms with E-state index in [9.17, 15) is 45.6 Å². The van der Waals surface area contributed by atoms with Crippen LogP contribution in [0.5, 0.6) is 0 Å². The Morgan fingerprint density at radius 2 is 0.680 bits per heavy atom. The van der Waals surface area contributed by atoms with Crippen LogP contribution < -0.4 is 5.32 Å². The van der Waals surface area contributed by atoms with Crippen molar-refractivity contribution in [3.05, 3.63) is 97.2 Å². The molecule has 14 nitrogen and oxygen atoms in total. The smallest absolute Gasteiger partial charge is 0.220 e. The molecule has 103 heavy (non-hydrogen) atoms. The van der Waals surface area contributed by atoms with Gasteiger partial charge in [-0.2, -0.15) is 0 Å². The maximum Gasteiger partial charge on any atom is 0.220 e. The van der Waals surface area contributed by atoms with Crippen LogP contribution in [0.4, 0.5) is 0 Å². The molecule has 12 unspecified atom stereocenters. The lowest BCUT2D eigenvalue weighted by Crippen LogP contribution is -2.65. The highest BCUT2D eigenvalue weighted by molar-refractivity contribution is 5.76. The van der Waals surface area contributed by atoms with Gasteiger partial charge in [-0.25, -0.2) is 0 Å². The topological polar surface area (TPSA) is 228 Å². The number of carbonyl (C=O) groups excluding carboxylic acids is 1. The van der Waals surface area contributed by atoms with Gasteiger partial charge in [0.25, 0.3) is 0 Å². The summed E-state index contributed by atoms with van der Waals surface area (Å²) in [6, 6.07) is -0.942. The molecule has 0 aromatic carbocycles. The minimum atomic E-state index is -1.80. The van der Waals surface area contributed by atoms with Crippen LogP contribution in [0.15, 0.2) is 97.2 Å². The molecule has 2 heterocycles. The maximum absolute atomic E-state index is 13.4. The lowest BCUT2D eigenvalue weighted by atomic mass is 9.97. The predicted molar refractivity (Wildman–Crippen MR) is 429 cm³/mol. The monoisotopic (exact) mass is 1450 g/mol. The van der Waals surface area contributed by atoms with Crippen molar-refractivity contribution in [3.8, 4) is 0 Å². The molecule has 0 aromatic heterocycles. The minimum absolute atomic E-state index is 0.248. The van der Waals surface area contributed by atoms with Crippen molar-refractivity contribution in [1.29, 1.82) is 0 Å². The zero-order valence-electron chi connectivity index (χ0n) is 65.8. The van der Waals surface area contributed by atoms with E-state index in [0.29, 0.717) is 12.8 Å². The molecule has 0 spiro atoms. The lowest BCUT2D eigenvalue weighted by Gasteiger charge is -2.46. The summed E-state index contributed by atoms with van der Waals surface area (Å²) in [6.45, 7) is 2.71. The van der Waals surface area contributed by atoms with Crippen molar-refractivity contribution in [2.24, 2.45) is 0 Å². The van der Waals surface area contributed by atoms with E-state index in [1.165, 1.54) is 257 Å². The van der Waals surface area contributed by atoms with Gasteiger partial charge in [-0.1, -0.05) is 368 Å². The van der Waals surface area contributed by atoms with Gasteiger partial charge in [-0.3, -0.25) is 4.79 Å². The maximum atomic E-state index is 13.4. The number of amides is 1. The average Bonchev–Trinajstić information content (AvgIpc) is 0.791. The van der Waals surface area contributed by atoms with Gasteiger partial charge >= 0.3 is 0 Å². The third kappa shape index (κ3) is 54.2. The van der Waals surface area contributed by atoms with E-state index in [1.54, 1.807) is 6.08 Å². The van der Waals surface area contributed by atoms with Gasteiger partial charge in [0.15, 0.2) is 12.6 Å². The Morgan fingerprint density at radius 1 is 0.359 bits per heavy atom. The molecular formula is C89H159NO13.